The molecule has 0 spiro atoms. The summed E-state index contributed by atoms with van der Waals surface area (Å²) < 4.78 is 26.5. The minimum Gasteiger partial charge on any atom is -0.352 e. The van der Waals surface area contributed by atoms with Crippen molar-refractivity contribution >= 4 is 17.5 Å². The summed E-state index contributed by atoms with van der Waals surface area (Å²) in [5.41, 5.74) is 0.159. The van der Waals surface area contributed by atoms with Crippen molar-refractivity contribution in [3.63, 3.8) is 0 Å². The fraction of sp³-hybridized carbons (Fsp3) is 0.278. The number of nitrogens with one attached hydrogen (secondary N) is 2. The maximum Gasteiger partial charge on any atom is 0.257 e. The summed E-state index contributed by atoms with van der Waals surface area (Å²) in [5.74, 6) is -2.62. The Morgan fingerprint density at radius 2 is 1.77 bits per heavy atom. The Balaban J connectivity index is 2.01. The Morgan fingerprint density at radius 1 is 1.08 bits per heavy atom. The van der Waals surface area contributed by atoms with E-state index in [0.29, 0.717) is 12.6 Å². The zero-order valence-corrected chi connectivity index (χ0v) is 14.6. The van der Waals surface area contributed by atoms with Gasteiger partial charge in [-0.1, -0.05) is 0 Å². The Bertz CT molecular complexity index is 797. The molecular weight excluding hydrogens is 342 g/mol. The number of hydrogen-bond acceptors (Lipinski definition) is 4. The number of carbonyl (C=O) groups is 2. The molecule has 0 unspecified atom stereocenters. The van der Waals surface area contributed by atoms with Gasteiger partial charge in [0.2, 0.25) is 0 Å². The second-order valence-electron chi connectivity index (χ2n) is 5.95. The summed E-state index contributed by atoms with van der Waals surface area (Å²) >= 11 is 0. The van der Waals surface area contributed by atoms with Crippen LogP contribution in [0, 0.1) is 11.6 Å². The van der Waals surface area contributed by atoms with Gasteiger partial charge in [0.25, 0.3) is 11.8 Å². The molecule has 0 saturated carbocycles. The van der Waals surface area contributed by atoms with Crippen LogP contribution in [0.25, 0.3) is 0 Å². The highest BCUT2D eigenvalue weighted by Crippen LogP contribution is 2.16. The fourth-order valence-electron chi connectivity index (χ4n) is 2.17. The lowest BCUT2D eigenvalue weighted by atomic mass is 10.1. The molecule has 8 heteroatoms. The number of benzene rings is 1. The van der Waals surface area contributed by atoms with Crippen LogP contribution in [0.5, 0.6) is 0 Å². The number of hydrogen-bond donors (Lipinski definition) is 2. The van der Waals surface area contributed by atoms with Gasteiger partial charge in [-0.15, -0.1) is 0 Å². The van der Waals surface area contributed by atoms with Crippen molar-refractivity contribution in [3.8, 4) is 0 Å². The Labute approximate surface area is 150 Å². The molecule has 0 bridgehead atoms. The average molecular weight is 362 g/mol. The number of halogens is 2. The molecule has 0 radical (unpaired) electrons. The third kappa shape index (κ3) is 5.59. The molecule has 2 rings (SSSR count). The van der Waals surface area contributed by atoms with Crippen molar-refractivity contribution in [1.29, 1.82) is 0 Å². The molecular formula is C18H20F2N4O2. The third-order valence-corrected chi connectivity index (χ3v) is 3.51. The molecule has 0 fully saturated rings. The minimum atomic E-state index is -0.888. The van der Waals surface area contributed by atoms with Gasteiger partial charge >= 0.3 is 0 Å². The molecule has 0 saturated heterocycles. The fourth-order valence-corrected chi connectivity index (χ4v) is 2.17. The molecule has 6 nitrogen and oxygen atoms in total. The van der Waals surface area contributed by atoms with Crippen LogP contribution in [0.15, 0.2) is 36.7 Å². The van der Waals surface area contributed by atoms with Crippen molar-refractivity contribution in [3.05, 3.63) is 59.4 Å². The number of nitrogens with zero attached hydrogens (tertiary/aromatic N) is 2. The highest BCUT2D eigenvalue weighted by Gasteiger charge is 2.13. The summed E-state index contributed by atoms with van der Waals surface area (Å²) in [5, 5.41) is 5.07. The van der Waals surface area contributed by atoms with E-state index in [0.717, 1.165) is 25.1 Å². The van der Waals surface area contributed by atoms with E-state index in [1.807, 2.05) is 19.0 Å². The molecule has 0 aliphatic rings. The lowest BCUT2D eigenvalue weighted by molar-refractivity contribution is 0.0952. The highest BCUT2D eigenvalue weighted by molar-refractivity contribution is 6.05. The summed E-state index contributed by atoms with van der Waals surface area (Å²) in [6.07, 6.45) is 3.40. The van der Waals surface area contributed by atoms with Gasteiger partial charge in [-0.3, -0.25) is 14.6 Å². The smallest absolute Gasteiger partial charge is 0.257 e. The van der Waals surface area contributed by atoms with E-state index in [4.69, 9.17) is 0 Å². The van der Waals surface area contributed by atoms with E-state index in [9.17, 15) is 18.4 Å². The third-order valence-electron chi connectivity index (χ3n) is 3.51. The van der Waals surface area contributed by atoms with Crippen LogP contribution in [-0.2, 0) is 0 Å². The van der Waals surface area contributed by atoms with Crippen LogP contribution in [0.4, 0.5) is 14.5 Å². The van der Waals surface area contributed by atoms with Crippen LogP contribution < -0.4 is 10.6 Å². The highest BCUT2D eigenvalue weighted by atomic mass is 19.1. The largest absolute Gasteiger partial charge is 0.352 e. The molecule has 26 heavy (non-hydrogen) atoms. The van der Waals surface area contributed by atoms with Gasteiger partial charge in [-0.25, -0.2) is 8.78 Å². The summed E-state index contributed by atoms with van der Waals surface area (Å²) in [6, 6.07) is 4.20. The van der Waals surface area contributed by atoms with E-state index in [-0.39, 0.29) is 22.7 Å². The van der Waals surface area contributed by atoms with Gasteiger partial charge in [-0.05, 0) is 45.3 Å². The van der Waals surface area contributed by atoms with Gasteiger partial charge in [0.1, 0.15) is 11.6 Å². The van der Waals surface area contributed by atoms with E-state index in [1.165, 1.54) is 18.5 Å². The number of pyridine rings is 1. The van der Waals surface area contributed by atoms with Crippen molar-refractivity contribution < 1.29 is 18.4 Å². The van der Waals surface area contributed by atoms with E-state index < -0.39 is 17.5 Å². The van der Waals surface area contributed by atoms with Crippen LogP contribution >= 0.6 is 0 Å². The summed E-state index contributed by atoms with van der Waals surface area (Å²) in [6.45, 7) is 1.33. The van der Waals surface area contributed by atoms with Crippen LogP contribution in [-0.4, -0.2) is 48.9 Å². The number of amides is 2. The SMILES string of the molecule is CN(C)CCCNC(=O)c1cncc(C(=O)Nc2ccc(F)cc2F)c1. The first-order valence-corrected chi connectivity index (χ1v) is 8.01. The molecule has 0 aliphatic heterocycles. The predicted octanol–water partition coefficient (Wildman–Crippen LogP) is 2.29. The van der Waals surface area contributed by atoms with Gasteiger partial charge in [-0.2, -0.15) is 0 Å². The Kier molecular flexibility index (Phi) is 6.74. The lowest BCUT2D eigenvalue weighted by Gasteiger charge is -2.10. The van der Waals surface area contributed by atoms with E-state index >= 15 is 0 Å². The van der Waals surface area contributed by atoms with E-state index in [1.54, 1.807) is 0 Å². The number of anilines is 1. The van der Waals surface area contributed by atoms with Crippen LogP contribution in [0.2, 0.25) is 0 Å². The molecule has 0 atom stereocenters. The second kappa shape index (κ2) is 9.00. The molecule has 0 aliphatic carbocycles. The van der Waals surface area contributed by atoms with Gasteiger partial charge < -0.3 is 15.5 Å². The maximum absolute atomic E-state index is 13.6. The Morgan fingerprint density at radius 3 is 2.42 bits per heavy atom. The minimum absolute atomic E-state index is 0.0923. The van der Waals surface area contributed by atoms with Gasteiger partial charge in [0.15, 0.2) is 0 Å². The van der Waals surface area contributed by atoms with Crippen molar-refractivity contribution in [2.45, 2.75) is 6.42 Å². The molecule has 1 aromatic carbocycles. The monoisotopic (exact) mass is 362 g/mol. The molecule has 2 N–H and O–H groups in total. The standard InChI is InChI=1S/C18H20F2N4O2/c1-24(2)7-3-6-22-17(25)12-8-13(11-21-10-12)18(26)23-16-5-4-14(19)9-15(16)20/h4-5,8-11H,3,6-7H2,1-2H3,(H,22,25)(H,23,26). The molecule has 1 heterocycles. The second-order valence-corrected chi connectivity index (χ2v) is 5.95. The number of aromatic nitrogens is 1. The molecule has 1 aromatic heterocycles. The predicted molar refractivity (Wildman–Crippen MR) is 94.1 cm³/mol. The Hall–Kier alpha value is -2.87. The van der Waals surface area contributed by atoms with Crippen molar-refractivity contribution in [1.82, 2.24) is 15.2 Å². The zero-order valence-electron chi connectivity index (χ0n) is 14.6. The lowest BCUT2D eigenvalue weighted by Crippen LogP contribution is -2.27. The zero-order chi connectivity index (χ0) is 19.1. The number of carbonyl (C=O) groups excluding carboxylic acids is 2. The number of rotatable bonds is 7. The first-order chi connectivity index (χ1) is 12.4. The molecule has 2 amide bonds. The molecule has 138 valence electrons. The summed E-state index contributed by atoms with van der Waals surface area (Å²) in [7, 11) is 3.88. The normalized spacial score (nSPS) is 10.7. The van der Waals surface area contributed by atoms with Gasteiger partial charge in [0.05, 0.1) is 16.8 Å². The van der Waals surface area contributed by atoms with E-state index in [2.05, 4.69) is 15.6 Å². The van der Waals surface area contributed by atoms with Gasteiger partial charge in [0, 0.05) is 25.0 Å². The first kappa shape index (κ1) is 19.5. The average Bonchev–Trinajstić information content (AvgIpc) is 2.60. The molecule has 2 aromatic rings. The quantitative estimate of drug-likeness (QED) is 0.741. The van der Waals surface area contributed by atoms with Crippen LogP contribution in [0.1, 0.15) is 27.1 Å². The topological polar surface area (TPSA) is 74.3 Å². The maximum atomic E-state index is 13.6. The first-order valence-electron chi connectivity index (χ1n) is 8.01. The van der Waals surface area contributed by atoms with Crippen LogP contribution in [0.3, 0.4) is 0 Å². The summed E-state index contributed by atoms with van der Waals surface area (Å²) in [4.78, 5) is 30.2. The van der Waals surface area contributed by atoms with Crippen molar-refractivity contribution in [2.75, 3.05) is 32.5 Å². The van der Waals surface area contributed by atoms with Crippen molar-refractivity contribution in [2.24, 2.45) is 0 Å².